The van der Waals surface area contributed by atoms with Crippen molar-refractivity contribution in [3.05, 3.63) is 64.7 Å². The summed E-state index contributed by atoms with van der Waals surface area (Å²) in [6.07, 6.45) is 0. The van der Waals surface area contributed by atoms with Gasteiger partial charge in [0, 0.05) is 11.1 Å². The number of nitrogens with one attached hydrogen (secondary N) is 1. The minimum absolute atomic E-state index is 0. The Hall–Kier alpha value is -1.72. The molecule has 0 saturated carbocycles. The van der Waals surface area contributed by atoms with E-state index in [2.05, 4.69) is 5.32 Å². The predicted molar refractivity (Wildman–Crippen MR) is 96.3 cm³/mol. The van der Waals surface area contributed by atoms with Crippen LogP contribution < -0.4 is 39.6 Å². The molecule has 3 rings (SSSR count). The number of halogens is 1. The molecule has 0 aromatic heterocycles. The zero-order valence-electron chi connectivity index (χ0n) is 14.3. The molecule has 2 N–H and O–H groups in total. The number of methoxy groups -OCH3 is 1. The summed E-state index contributed by atoms with van der Waals surface area (Å²) in [5.41, 5.74) is 1.51. The van der Waals surface area contributed by atoms with E-state index < -0.39 is 5.91 Å². The second-order valence-electron chi connectivity index (χ2n) is 5.47. The number of benzene rings is 3. The van der Waals surface area contributed by atoms with Crippen LogP contribution in [-0.4, -0.2) is 18.1 Å². The average molecular weight is 365 g/mol. The maximum absolute atomic E-state index is 12.6. The molecule has 0 atom stereocenters. The Bertz CT molecular complexity index is 943. The van der Waals surface area contributed by atoms with Crippen LogP contribution in [0.2, 0.25) is 5.02 Å². The van der Waals surface area contributed by atoms with Crippen molar-refractivity contribution in [1.29, 1.82) is 0 Å². The Morgan fingerprint density at radius 2 is 1.76 bits per heavy atom. The van der Waals surface area contributed by atoms with Crippen LogP contribution in [0.4, 0.5) is 5.69 Å². The summed E-state index contributed by atoms with van der Waals surface area (Å²) < 4.78 is 5.26. The van der Waals surface area contributed by atoms with Crippen molar-refractivity contribution in [3.63, 3.8) is 0 Å². The number of hydrogen-bond donors (Lipinski definition) is 2. The van der Waals surface area contributed by atoms with Gasteiger partial charge in [0.25, 0.3) is 5.91 Å². The third-order valence-corrected chi connectivity index (χ3v) is 4.24. The molecule has 0 radical (unpaired) electrons. The normalized spacial score (nSPS) is 10.2. The molecule has 0 bridgehead atoms. The fourth-order valence-electron chi connectivity index (χ4n) is 2.53. The van der Waals surface area contributed by atoms with Gasteiger partial charge in [0.1, 0.15) is 11.5 Å². The number of amides is 1. The summed E-state index contributed by atoms with van der Waals surface area (Å²) in [4.78, 5) is 12.6. The van der Waals surface area contributed by atoms with Gasteiger partial charge in [-0.05, 0) is 41.5 Å². The molecule has 0 saturated heterocycles. The molecule has 0 spiro atoms. The van der Waals surface area contributed by atoms with Crippen LogP contribution in [0.15, 0.2) is 48.5 Å². The van der Waals surface area contributed by atoms with Crippen molar-refractivity contribution in [2.24, 2.45) is 0 Å². The quantitative estimate of drug-likeness (QED) is 0.696. The Balaban J connectivity index is 0.00000225. The van der Waals surface area contributed by atoms with Crippen molar-refractivity contribution >= 4 is 34.0 Å². The Labute approximate surface area is 173 Å². The first-order valence-electron chi connectivity index (χ1n) is 7.37. The summed E-state index contributed by atoms with van der Waals surface area (Å²) in [6.45, 7) is 1.84. The van der Waals surface area contributed by atoms with E-state index in [0.717, 1.165) is 16.3 Å². The summed E-state index contributed by atoms with van der Waals surface area (Å²) in [5.74, 6) is -0.0339. The first kappa shape index (κ1) is 19.6. The van der Waals surface area contributed by atoms with Crippen molar-refractivity contribution in [2.45, 2.75) is 6.92 Å². The first-order chi connectivity index (χ1) is 11.5. The number of rotatable bonds is 3. The maximum Gasteiger partial charge on any atom is 1.00 e. The van der Waals surface area contributed by atoms with Crippen LogP contribution in [-0.2, 0) is 0 Å². The number of hydrogen-bond acceptors (Lipinski definition) is 3. The van der Waals surface area contributed by atoms with Gasteiger partial charge in [0.05, 0.1) is 18.4 Å². The van der Waals surface area contributed by atoms with Crippen molar-refractivity contribution in [3.8, 4) is 11.5 Å². The third-order valence-electron chi connectivity index (χ3n) is 3.84. The maximum atomic E-state index is 12.6. The Morgan fingerprint density at radius 1 is 1.12 bits per heavy atom. The second kappa shape index (κ2) is 8.11. The van der Waals surface area contributed by atoms with E-state index in [1.54, 1.807) is 24.3 Å². The van der Waals surface area contributed by atoms with E-state index in [1.807, 2.05) is 31.2 Å². The molecule has 0 heterocycles. The SMILES string of the molecule is COc1cc(Cl)c(C)cc1NC(=O)c1cc2ccccc2cc1O.[Na+]. The van der Waals surface area contributed by atoms with Gasteiger partial charge >= 0.3 is 29.6 Å². The molecular formula is C19H16ClNNaO3+. The largest absolute Gasteiger partial charge is 1.00 e. The summed E-state index contributed by atoms with van der Waals surface area (Å²) >= 11 is 6.08. The van der Waals surface area contributed by atoms with E-state index >= 15 is 0 Å². The van der Waals surface area contributed by atoms with Gasteiger partial charge in [-0.15, -0.1) is 0 Å². The zero-order chi connectivity index (χ0) is 17.3. The minimum atomic E-state index is -0.418. The number of aromatic hydroxyl groups is 1. The van der Waals surface area contributed by atoms with Crippen LogP contribution in [0.1, 0.15) is 15.9 Å². The molecule has 0 aliphatic carbocycles. The molecule has 0 fully saturated rings. The van der Waals surface area contributed by atoms with Gasteiger partial charge in [-0.2, -0.15) is 0 Å². The van der Waals surface area contributed by atoms with E-state index in [1.165, 1.54) is 7.11 Å². The smallest absolute Gasteiger partial charge is 0.507 e. The number of carbonyl (C=O) groups excluding carboxylic acids is 1. The number of anilines is 1. The number of aryl methyl sites for hydroxylation is 1. The summed E-state index contributed by atoms with van der Waals surface area (Å²) in [6, 6.07) is 14.1. The fourth-order valence-corrected chi connectivity index (χ4v) is 2.68. The van der Waals surface area contributed by atoms with E-state index in [9.17, 15) is 9.90 Å². The average Bonchev–Trinajstić information content (AvgIpc) is 2.57. The zero-order valence-corrected chi connectivity index (χ0v) is 17.0. The number of ether oxygens (including phenoxy) is 1. The van der Waals surface area contributed by atoms with Gasteiger partial charge in [0.2, 0.25) is 0 Å². The van der Waals surface area contributed by atoms with E-state index in [4.69, 9.17) is 16.3 Å². The molecule has 0 aliphatic heterocycles. The molecule has 0 aliphatic rings. The molecule has 122 valence electrons. The van der Waals surface area contributed by atoms with Crippen molar-refractivity contribution < 1.29 is 44.2 Å². The molecule has 3 aromatic carbocycles. The van der Waals surface area contributed by atoms with Crippen LogP contribution in [0.25, 0.3) is 10.8 Å². The van der Waals surface area contributed by atoms with Gasteiger partial charge < -0.3 is 15.2 Å². The Kier molecular flexibility index (Phi) is 6.36. The molecule has 3 aromatic rings. The van der Waals surface area contributed by atoms with Crippen LogP contribution in [0.3, 0.4) is 0 Å². The topological polar surface area (TPSA) is 58.6 Å². The number of fused-ring (bicyclic) bond motifs is 1. The van der Waals surface area contributed by atoms with Crippen molar-refractivity contribution in [1.82, 2.24) is 0 Å². The molecular weight excluding hydrogens is 349 g/mol. The molecule has 4 nitrogen and oxygen atoms in total. The predicted octanol–water partition coefficient (Wildman–Crippen LogP) is 1.77. The van der Waals surface area contributed by atoms with Gasteiger partial charge in [0.15, 0.2) is 0 Å². The molecule has 0 unspecified atom stereocenters. The Morgan fingerprint density at radius 3 is 2.40 bits per heavy atom. The number of phenolic OH excluding ortho intramolecular Hbond substituents is 1. The molecule has 6 heteroatoms. The standard InChI is InChI=1S/C19H16ClNO3.Na/c1-11-7-16(18(24-2)10-15(11)20)21-19(23)14-8-12-5-3-4-6-13(12)9-17(14)22;/h3-10,22H,1-2H3,(H,21,23);/q;+1. The number of phenols is 1. The van der Waals surface area contributed by atoms with Crippen LogP contribution in [0.5, 0.6) is 11.5 Å². The molecule has 25 heavy (non-hydrogen) atoms. The molecule has 1 amide bonds. The van der Waals surface area contributed by atoms with Gasteiger partial charge in [-0.25, -0.2) is 0 Å². The van der Waals surface area contributed by atoms with Crippen LogP contribution in [0, 0.1) is 6.92 Å². The van der Waals surface area contributed by atoms with Gasteiger partial charge in [-0.3, -0.25) is 4.79 Å². The summed E-state index contributed by atoms with van der Waals surface area (Å²) in [7, 11) is 1.50. The second-order valence-corrected chi connectivity index (χ2v) is 5.88. The summed E-state index contributed by atoms with van der Waals surface area (Å²) in [5, 5.41) is 15.2. The first-order valence-corrected chi connectivity index (χ1v) is 7.74. The fraction of sp³-hybridized carbons (Fsp3) is 0.105. The van der Waals surface area contributed by atoms with E-state index in [-0.39, 0.29) is 40.9 Å². The van der Waals surface area contributed by atoms with Gasteiger partial charge in [-0.1, -0.05) is 35.9 Å². The van der Waals surface area contributed by atoms with Crippen molar-refractivity contribution in [2.75, 3.05) is 12.4 Å². The third kappa shape index (κ3) is 4.10. The number of carbonyl (C=O) groups is 1. The minimum Gasteiger partial charge on any atom is -0.507 e. The van der Waals surface area contributed by atoms with E-state index in [0.29, 0.717) is 16.5 Å². The monoisotopic (exact) mass is 364 g/mol. The van der Waals surface area contributed by atoms with Crippen LogP contribution >= 0.6 is 11.6 Å².